The fraction of sp³-hybridized carbons (Fsp3) is 0.211. The first kappa shape index (κ1) is 16.7. The van der Waals surface area contributed by atoms with Gasteiger partial charge in [0.05, 0.1) is 28.8 Å². The van der Waals surface area contributed by atoms with Gasteiger partial charge in [0.15, 0.2) is 0 Å². The van der Waals surface area contributed by atoms with Crippen LogP contribution in [0.4, 0.5) is 5.95 Å². The summed E-state index contributed by atoms with van der Waals surface area (Å²) < 4.78 is 5.22. The maximum Gasteiger partial charge on any atom is 0.338 e. The third-order valence-corrected chi connectivity index (χ3v) is 3.74. The molecule has 0 spiro atoms. The number of benzene rings is 2. The Morgan fingerprint density at radius 1 is 1.08 bits per heavy atom. The normalized spacial score (nSPS) is 10.6. The Bertz CT molecular complexity index is 869. The number of ether oxygens (including phenoxy) is 1. The molecule has 2 aromatic carbocycles. The number of nitrogens with one attached hydrogen (secondary N) is 2. The molecule has 0 saturated carbocycles. The monoisotopic (exact) mass is 337 g/mol. The second-order valence-corrected chi connectivity index (χ2v) is 5.59. The smallest absolute Gasteiger partial charge is 0.338 e. The number of para-hydroxylation sites is 2. The van der Waals surface area contributed by atoms with Crippen molar-refractivity contribution >= 4 is 28.9 Å². The van der Waals surface area contributed by atoms with E-state index in [1.807, 2.05) is 31.2 Å². The van der Waals surface area contributed by atoms with Gasteiger partial charge in [0.1, 0.15) is 0 Å². The van der Waals surface area contributed by atoms with Crippen molar-refractivity contribution in [1.82, 2.24) is 9.97 Å². The molecule has 0 unspecified atom stereocenters. The minimum Gasteiger partial charge on any atom is -0.462 e. The van der Waals surface area contributed by atoms with Crippen LogP contribution in [-0.4, -0.2) is 28.5 Å². The highest BCUT2D eigenvalue weighted by Crippen LogP contribution is 2.16. The van der Waals surface area contributed by atoms with Gasteiger partial charge in [-0.25, -0.2) is 9.78 Å². The molecule has 6 nitrogen and oxygen atoms in total. The average molecular weight is 337 g/mol. The van der Waals surface area contributed by atoms with Gasteiger partial charge in [0.2, 0.25) is 5.95 Å². The van der Waals surface area contributed by atoms with Crippen molar-refractivity contribution in [2.24, 2.45) is 0 Å². The first-order chi connectivity index (χ1) is 12.2. The van der Waals surface area contributed by atoms with Gasteiger partial charge in [-0.15, -0.1) is 0 Å². The molecule has 1 amide bonds. The van der Waals surface area contributed by atoms with Gasteiger partial charge >= 0.3 is 5.97 Å². The van der Waals surface area contributed by atoms with Crippen LogP contribution in [0.25, 0.3) is 11.0 Å². The molecule has 128 valence electrons. The molecule has 2 N–H and O–H groups in total. The molecule has 0 aliphatic rings. The number of nitrogens with zero attached hydrogens (tertiary/aromatic N) is 1. The van der Waals surface area contributed by atoms with Gasteiger partial charge in [-0.3, -0.25) is 10.1 Å². The topological polar surface area (TPSA) is 84.1 Å². The zero-order chi connectivity index (χ0) is 17.6. The van der Waals surface area contributed by atoms with Crippen molar-refractivity contribution in [2.45, 2.75) is 19.8 Å². The molecule has 1 heterocycles. The van der Waals surface area contributed by atoms with Gasteiger partial charge in [0, 0.05) is 0 Å². The molecule has 3 aromatic rings. The lowest BCUT2D eigenvalue weighted by Crippen LogP contribution is -2.18. The van der Waals surface area contributed by atoms with Crippen molar-refractivity contribution in [2.75, 3.05) is 11.9 Å². The Labute approximate surface area is 145 Å². The quantitative estimate of drug-likeness (QED) is 0.530. The second-order valence-electron chi connectivity index (χ2n) is 5.59. The Morgan fingerprint density at radius 2 is 1.80 bits per heavy atom. The number of amides is 1. The Balaban J connectivity index is 1.78. The first-order valence-electron chi connectivity index (χ1n) is 8.21. The summed E-state index contributed by atoms with van der Waals surface area (Å²) in [5.41, 5.74) is 2.08. The lowest BCUT2D eigenvalue weighted by Gasteiger charge is -2.09. The summed E-state index contributed by atoms with van der Waals surface area (Å²) in [7, 11) is 0. The molecule has 25 heavy (non-hydrogen) atoms. The number of fused-ring (bicyclic) bond motifs is 1. The van der Waals surface area contributed by atoms with Crippen molar-refractivity contribution in [3.05, 3.63) is 59.7 Å². The number of carbonyl (C=O) groups is 2. The third kappa shape index (κ3) is 3.85. The molecule has 6 heteroatoms. The summed E-state index contributed by atoms with van der Waals surface area (Å²) in [5.74, 6) is -0.578. The number of anilines is 1. The third-order valence-electron chi connectivity index (χ3n) is 3.74. The van der Waals surface area contributed by atoms with Crippen LogP contribution in [0.5, 0.6) is 0 Å². The fourth-order valence-corrected chi connectivity index (χ4v) is 2.43. The average Bonchev–Trinajstić information content (AvgIpc) is 3.04. The van der Waals surface area contributed by atoms with E-state index in [0.29, 0.717) is 12.6 Å². The van der Waals surface area contributed by atoms with Gasteiger partial charge in [-0.05, 0) is 30.7 Å². The van der Waals surface area contributed by atoms with Gasteiger partial charge in [0.25, 0.3) is 5.91 Å². The second kappa shape index (κ2) is 7.61. The predicted octanol–water partition coefficient (Wildman–Crippen LogP) is 3.77. The number of aromatic nitrogens is 2. The Hall–Kier alpha value is -3.15. The highest BCUT2D eigenvalue weighted by Gasteiger charge is 2.18. The maximum atomic E-state index is 12.6. The van der Waals surface area contributed by atoms with E-state index in [1.165, 1.54) is 0 Å². The molecular formula is C19H19N3O3. The van der Waals surface area contributed by atoms with Crippen molar-refractivity contribution < 1.29 is 14.3 Å². The molecule has 0 bridgehead atoms. The SMILES string of the molecule is CCCCOC(=O)c1ccccc1C(=O)Nc1nc2ccccc2[nH]1. The fourth-order valence-electron chi connectivity index (χ4n) is 2.43. The molecule has 0 fully saturated rings. The molecule has 0 atom stereocenters. The molecular weight excluding hydrogens is 318 g/mol. The number of rotatable bonds is 6. The summed E-state index contributed by atoms with van der Waals surface area (Å²) >= 11 is 0. The van der Waals surface area contributed by atoms with E-state index in [9.17, 15) is 9.59 Å². The summed E-state index contributed by atoms with van der Waals surface area (Å²) in [5, 5.41) is 2.70. The molecule has 1 aromatic heterocycles. The van der Waals surface area contributed by atoms with E-state index in [2.05, 4.69) is 15.3 Å². The first-order valence-corrected chi connectivity index (χ1v) is 8.21. The molecule has 0 aliphatic heterocycles. The maximum absolute atomic E-state index is 12.6. The number of carbonyl (C=O) groups excluding carboxylic acids is 2. The van der Waals surface area contributed by atoms with Crippen molar-refractivity contribution in [1.29, 1.82) is 0 Å². The largest absolute Gasteiger partial charge is 0.462 e. The van der Waals surface area contributed by atoms with Gasteiger partial charge < -0.3 is 9.72 Å². The van der Waals surface area contributed by atoms with Crippen LogP contribution >= 0.6 is 0 Å². The number of hydrogen-bond donors (Lipinski definition) is 2. The van der Waals surface area contributed by atoms with Gasteiger partial charge in [-0.1, -0.05) is 37.6 Å². The minimum atomic E-state index is -0.496. The lowest BCUT2D eigenvalue weighted by molar-refractivity contribution is 0.0497. The zero-order valence-electron chi connectivity index (χ0n) is 13.9. The zero-order valence-corrected chi connectivity index (χ0v) is 13.9. The molecule has 0 saturated heterocycles. The van der Waals surface area contributed by atoms with E-state index >= 15 is 0 Å². The number of H-pyrrole nitrogens is 1. The summed E-state index contributed by atoms with van der Waals surface area (Å²) in [6.07, 6.45) is 1.72. The number of imidazole rings is 1. The minimum absolute atomic E-state index is 0.243. The molecule has 0 aliphatic carbocycles. The molecule has 3 rings (SSSR count). The van der Waals surface area contributed by atoms with Crippen LogP contribution in [0.2, 0.25) is 0 Å². The van der Waals surface area contributed by atoms with Gasteiger partial charge in [-0.2, -0.15) is 0 Å². The Kier molecular flexibility index (Phi) is 5.09. The van der Waals surface area contributed by atoms with Crippen LogP contribution < -0.4 is 5.32 Å². The molecule has 0 radical (unpaired) electrons. The summed E-state index contributed by atoms with van der Waals surface area (Å²) in [6.45, 7) is 2.36. The van der Waals surface area contributed by atoms with E-state index in [4.69, 9.17) is 4.74 Å². The van der Waals surface area contributed by atoms with Crippen molar-refractivity contribution in [3.63, 3.8) is 0 Å². The van der Waals surface area contributed by atoms with Crippen LogP contribution in [0.1, 0.15) is 40.5 Å². The Morgan fingerprint density at radius 3 is 2.56 bits per heavy atom. The summed E-state index contributed by atoms with van der Waals surface area (Å²) in [4.78, 5) is 32.1. The standard InChI is InChI=1S/C19H19N3O3/c1-2-3-12-25-18(24)14-9-5-4-8-13(14)17(23)22-19-20-15-10-6-7-11-16(15)21-19/h4-11H,2-3,12H2,1H3,(H2,20,21,22,23). The van der Waals surface area contributed by atoms with Crippen LogP contribution in [0.15, 0.2) is 48.5 Å². The van der Waals surface area contributed by atoms with E-state index in [1.54, 1.807) is 24.3 Å². The van der Waals surface area contributed by atoms with Crippen LogP contribution in [-0.2, 0) is 4.74 Å². The van der Waals surface area contributed by atoms with E-state index in [-0.39, 0.29) is 11.1 Å². The number of esters is 1. The number of aromatic amines is 1. The van der Waals surface area contributed by atoms with E-state index < -0.39 is 11.9 Å². The number of hydrogen-bond acceptors (Lipinski definition) is 4. The highest BCUT2D eigenvalue weighted by molar-refractivity contribution is 6.10. The van der Waals surface area contributed by atoms with Crippen molar-refractivity contribution in [3.8, 4) is 0 Å². The predicted molar refractivity (Wildman–Crippen MR) is 95.7 cm³/mol. The number of unbranched alkanes of at least 4 members (excludes halogenated alkanes) is 1. The lowest BCUT2D eigenvalue weighted by atomic mass is 10.1. The van der Waals surface area contributed by atoms with Crippen LogP contribution in [0.3, 0.4) is 0 Å². The highest BCUT2D eigenvalue weighted by atomic mass is 16.5. The van der Waals surface area contributed by atoms with Crippen LogP contribution in [0, 0.1) is 0 Å². The summed E-state index contributed by atoms with van der Waals surface area (Å²) in [6, 6.07) is 14.1. The van der Waals surface area contributed by atoms with E-state index in [0.717, 1.165) is 23.9 Å².